The summed E-state index contributed by atoms with van der Waals surface area (Å²) in [6.45, 7) is 7.67. The Balaban J connectivity index is 1.68. The Morgan fingerprint density at radius 3 is 2.25 bits per heavy atom. The van der Waals surface area contributed by atoms with Gasteiger partial charge in [0.1, 0.15) is 5.75 Å². The van der Waals surface area contributed by atoms with Crippen LogP contribution in [0.4, 0.5) is 11.4 Å². The summed E-state index contributed by atoms with van der Waals surface area (Å²) in [6, 6.07) is 19.0. The molecule has 0 aromatic heterocycles. The summed E-state index contributed by atoms with van der Waals surface area (Å²) < 4.78 is 33.8. The maximum atomic E-state index is 12.7. The van der Waals surface area contributed by atoms with Crippen LogP contribution in [-0.2, 0) is 14.8 Å². The van der Waals surface area contributed by atoms with E-state index in [4.69, 9.17) is 4.74 Å². The van der Waals surface area contributed by atoms with Crippen molar-refractivity contribution >= 4 is 27.3 Å². The minimum Gasteiger partial charge on any atom is -0.480 e. The van der Waals surface area contributed by atoms with Crippen LogP contribution in [0.2, 0.25) is 0 Å². The Labute approximate surface area is 189 Å². The molecule has 3 aromatic rings. The van der Waals surface area contributed by atoms with Gasteiger partial charge in [-0.2, -0.15) is 0 Å². The van der Waals surface area contributed by atoms with Gasteiger partial charge in [-0.3, -0.25) is 9.52 Å². The van der Waals surface area contributed by atoms with Crippen molar-refractivity contribution in [2.75, 3.05) is 10.0 Å². The lowest BCUT2D eigenvalue weighted by Crippen LogP contribution is -2.32. The second-order valence-electron chi connectivity index (χ2n) is 7.77. The van der Waals surface area contributed by atoms with Crippen LogP contribution in [-0.4, -0.2) is 20.4 Å². The molecule has 0 heterocycles. The van der Waals surface area contributed by atoms with Gasteiger partial charge in [-0.1, -0.05) is 31.2 Å². The van der Waals surface area contributed by atoms with Gasteiger partial charge < -0.3 is 10.1 Å². The molecule has 6 nitrogen and oxygen atoms in total. The number of hydrogen-bond donors (Lipinski definition) is 2. The number of anilines is 2. The molecule has 3 rings (SSSR count). The molecule has 32 heavy (non-hydrogen) atoms. The third-order valence-corrected chi connectivity index (χ3v) is 6.38. The third-order valence-electron chi connectivity index (χ3n) is 4.98. The molecule has 0 radical (unpaired) electrons. The van der Waals surface area contributed by atoms with E-state index in [-0.39, 0.29) is 10.8 Å². The summed E-state index contributed by atoms with van der Waals surface area (Å²) >= 11 is 0. The normalized spacial score (nSPS) is 12.1. The SMILES string of the molecule is CCC(Oc1cc(C)ccc1C)C(=O)Nc1ccc(S(=O)(=O)Nc2cccc(C)c2)cc1. The van der Waals surface area contributed by atoms with Crippen LogP contribution >= 0.6 is 0 Å². The van der Waals surface area contributed by atoms with Crippen LogP contribution in [0.5, 0.6) is 5.75 Å². The zero-order valence-electron chi connectivity index (χ0n) is 18.7. The van der Waals surface area contributed by atoms with Crippen molar-refractivity contribution in [3.63, 3.8) is 0 Å². The number of sulfonamides is 1. The Bertz CT molecular complexity index is 1200. The number of amides is 1. The van der Waals surface area contributed by atoms with Crippen LogP contribution in [0.1, 0.15) is 30.0 Å². The fourth-order valence-electron chi connectivity index (χ4n) is 3.17. The molecule has 1 unspecified atom stereocenters. The molecule has 0 aliphatic rings. The van der Waals surface area contributed by atoms with Crippen molar-refractivity contribution in [2.24, 2.45) is 0 Å². The van der Waals surface area contributed by atoms with Crippen molar-refractivity contribution in [1.29, 1.82) is 0 Å². The predicted octanol–water partition coefficient (Wildman–Crippen LogP) is 5.21. The van der Waals surface area contributed by atoms with E-state index in [1.165, 1.54) is 12.1 Å². The van der Waals surface area contributed by atoms with E-state index < -0.39 is 16.1 Å². The zero-order valence-corrected chi connectivity index (χ0v) is 19.5. The molecule has 168 valence electrons. The van der Waals surface area contributed by atoms with Crippen LogP contribution in [0, 0.1) is 20.8 Å². The number of aryl methyl sites for hydroxylation is 3. The van der Waals surface area contributed by atoms with Gasteiger partial charge in [0, 0.05) is 11.4 Å². The van der Waals surface area contributed by atoms with E-state index >= 15 is 0 Å². The number of rotatable bonds is 8. The summed E-state index contributed by atoms with van der Waals surface area (Å²) in [6.07, 6.45) is -0.173. The van der Waals surface area contributed by atoms with Crippen molar-refractivity contribution in [3.8, 4) is 5.75 Å². The smallest absolute Gasteiger partial charge is 0.265 e. The molecule has 1 amide bonds. The molecule has 2 N–H and O–H groups in total. The summed E-state index contributed by atoms with van der Waals surface area (Å²) in [5.74, 6) is 0.387. The van der Waals surface area contributed by atoms with Gasteiger partial charge in [0.25, 0.3) is 15.9 Å². The fourth-order valence-corrected chi connectivity index (χ4v) is 4.22. The monoisotopic (exact) mass is 452 g/mol. The highest BCUT2D eigenvalue weighted by atomic mass is 32.2. The van der Waals surface area contributed by atoms with Gasteiger partial charge in [-0.25, -0.2) is 8.42 Å². The highest BCUT2D eigenvalue weighted by Crippen LogP contribution is 2.23. The highest BCUT2D eigenvalue weighted by molar-refractivity contribution is 7.92. The average molecular weight is 453 g/mol. The lowest BCUT2D eigenvalue weighted by atomic mass is 10.1. The van der Waals surface area contributed by atoms with E-state index in [0.29, 0.717) is 23.5 Å². The Hall–Kier alpha value is -3.32. The average Bonchev–Trinajstić information content (AvgIpc) is 2.74. The molecule has 7 heteroatoms. The van der Waals surface area contributed by atoms with Crippen molar-refractivity contribution in [3.05, 3.63) is 83.4 Å². The van der Waals surface area contributed by atoms with E-state index in [2.05, 4.69) is 10.0 Å². The van der Waals surface area contributed by atoms with Crippen molar-refractivity contribution in [2.45, 2.75) is 45.1 Å². The lowest BCUT2D eigenvalue weighted by Gasteiger charge is -2.19. The Morgan fingerprint density at radius 2 is 1.59 bits per heavy atom. The molecule has 0 spiro atoms. The topological polar surface area (TPSA) is 84.5 Å². The molecule has 0 aliphatic heterocycles. The number of nitrogens with one attached hydrogen (secondary N) is 2. The van der Waals surface area contributed by atoms with Gasteiger partial charge in [-0.05, 0) is 86.3 Å². The maximum Gasteiger partial charge on any atom is 0.265 e. The van der Waals surface area contributed by atoms with Gasteiger partial charge in [0.05, 0.1) is 4.90 Å². The first kappa shape index (κ1) is 23.3. The first-order chi connectivity index (χ1) is 15.2. The summed E-state index contributed by atoms with van der Waals surface area (Å²) in [5.41, 5.74) is 3.95. The van der Waals surface area contributed by atoms with Crippen LogP contribution in [0.3, 0.4) is 0 Å². The molecule has 0 aliphatic carbocycles. The number of benzene rings is 3. The Kier molecular flexibility index (Phi) is 7.20. The third kappa shape index (κ3) is 5.88. The number of hydrogen-bond acceptors (Lipinski definition) is 4. The standard InChI is InChI=1S/C25H28N2O4S/c1-5-23(31-24-16-18(3)9-10-19(24)4)25(28)26-20-11-13-22(14-12-20)32(29,30)27-21-8-6-7-17(2)15-21/h6-16,23,27H,5H2,1-4H3,(H,26,28). The minimum atomic E-state index is -3.73. The number of ether oxygens (including phenoxy) is 1. The number of carbonyl (C=O) groups is 1. The second-order valence-corrected chi connectivity index (χ2v) is 9.45. The summed E-state index contributed by atoms with van der Waals surface area (Å²) in [7, 11) is -3.73. The quantitative estimate of drug-likeness (QED) is 0.491. The minimum absolute atomic E-state index is 0.107. The summed E-state index contributed by atoms with van der Waals surface area (Å²) in [4.78, 5) is 12.8. The largest absolute Gasteiger partial charge is 0.480 e. The van der Waals surface area contributed by atoms with Crippen molar-refractivity contribution in [1.82, 2.24) is 0 Å². The number of carbonyl (C=O) groups excluding carboxylic acids is 1. The maximum absolute atomic E-state index is 12.7. The molecule has 3 aromatic carbocycles. The molecule has 0 saturated carbocycles. The van der Waals surface area contributed by atoms with E-state index in [9.17, 15) is 13.2 Å². The Morgan fingerprint density at radius 1 is 0.906 bits per heavy atom. The van der Waals surface area contributed by atoms with Gasteiger partial charge in [0.2, 0.25) is 0 Å². The molecule has 0 fully saturated rings. The van der Waals surface area contributed by atoms with Crippen molar-refractivity contribution < 1.29 is 17.9 Å². The fraction of sp³-hybridized carbons (Fsp3) is 0.240. The lowest BCUT2D eigenvalue weighted by molar-refractivity contribution is -0.122. The summed E-state index contributed by atoms with van der Waals surface area (Å²) in [5, 5.41) is 2.80. The van der Waals surface area contributed by atoms with Crippen LogP contribution < -0.4 is 14.8 Å². The van der Waals surface area contributed by atoms with E-state index in [1.807, 2.05) is 52.0 Å². The second kappa shape index (κ2) is 9.87. The molecule has 0 saturated heterocycles. The van der Waals surface area contributed by atoms with E-state index in [1.54, 1.807) is 30.3 Å². The van der Waals surface area contributed by atoms with Crippen LogP contribution in [0.15, 0.2) is 71.6 Å². The van der Waals surface area contributed by atoms with Gasteiger partial charge in [-0.15, -0.1) is 0 Å². The van der Waals surface area contributed by atoms with E-state index in [0.717, 1.165) is 16.7 Å². The molecule has 1 atom stereocenters. The van der Waals surface area contributed by atoms with Gasteiger partial charge >= 0.3 is 0 Å². The van der Waals surface area contributed by atoms with Gasteiger partial charge in [0.15, 0.2) is 6.10 Å². The zero-order chi connectivity index (χ0) is 23.3. The highest BCUT2D eigenvalue weighted by Gasteiger charge is 2.20. The molecular weight excluding hydrogens is 424 g/mol. The predicted molar refractivity (Wildman–Crippen MR) is 128 cm³/mol. The first-order valence-electron chi connectivity index (χ1n) is 10.4. The first-order valence-corrected chi connectivity index (χ1v) is 11.9. The van der Waals surface area contributed by atoms with Crippen LogP contribution in [0.25, 0.3) is 0 Å². The molecular formula is C25H28N2O4S. The molecule has 0 bridgehead atoms.